The first-order valence-electron chi connectivity index (χ1n) is 12.2. The van der Waals surface area contributed by atoms with Crippen LogP contribution in [0, 0.1) is 13.8 Å². The number of benzene rings is 2. The molecular weight excluding hydrogens is 380 g/mol. The molecule has 0 amide bonds. The lowest BCUT2D eigenvalue weighted by molar-refractivity contribution is 0.106. The van der Waals surface area contributed by atoms with Gasteiger partial charge in [0.2, 0.25) is 0 Å². The van der Waals surface area contributed by atoms with Crippen LogP contribution < -0.4 is 0 Å². The average molecular weight is 425 g/mol. The van der Waals surface area contributed by atoms with Crippen molar-refractivity contribution in [3.8, 4) is 0 Å². The van der Waals surface area contributed by atoms with Gasteiger partial charge in [0.1, 0.15) is 0 Å². The maximum absolute atomic E-state index is 6.26. The van der Waals surface area contributed by atoms with Gasteiger partial charge in [-0.1, -0.05) is 75.2 Å². The number of aryl methyl sites for hydroxylation is 2. The lowest BCUT2D eigenvalue weighted by Crippen LogP contribution is -2.25. The van der Waals surface area contributed by atoms with Crippen molar-refractivity contribution in [1.82, 2.24) is 9.80 Å². The van der Waals surface area contributed by atoms with E-state index in [1.54, 1.807) is 0 Å². The van der Waals surface area contributed by atoms with Crippen LogP contribution >= 0.6 is 0 Å². The van der Waals surface area contributed by atoms with E-state index < -0.39 is 0 Å². The van der Waals surface area contributed by atoms with Gasteiger partial charge in [0.25, 0.3) is 0 Å². The van der Waals surface area contributed by atoms with E-state index in [-0.39, 0.29) is 0 Å². The van der Waals surface area contributed by atoms with Gasteiger partial charge in [0.15, 0.2) is 0 Å². The van der Waals surface area contributed by atoms with Crippen LogP contribution in [0.15, 0.2) is 36.4 Å². The zero-order valence-electron chi connectivity index (χ0n) is 20.8. The fraction of sp³-hybridized carbons (Fsp3) is 0.571. The van der Waals surface area contributed by atoms with Gasteiger partial charge in [0, 0.05) is 13.1 Å². The molecule has 0 fully saturated rings. The van der Waals surface area contributed by atoms with E-state index in [0.29, 0.717) is 13.2 Å². The fourth-order valence-corrected chi connectivity index (χ4v) is 4.16. The zero-order chi connectivity index (χ0) is 22.6. The molecule has 0 bridgehead atoms. The summed E-state index contributed by atoms with van der Waals surface area (Å²) in [5.41, 5.74) is 8.17. The van der Waals surface area contributed by atoms with E-state index in [4.69, 9.17) is 4.74 Å². The van der Waals surface area contributed by atoms with Crippen LogP contribution in [-0.2, 0) is 30.8 Å². The van der Waals surface area contributed by atoms with Crippen LogP contribution in [-0.4, -0.2) is 49.1 Å². The van der Waals surface area contributed by atoms with Crippen molar-refractivity contribution < 1.29 is 4.74 Å². The standard InChI is InChI=1S/C28H44N2O/c1-7-29(8-2)17-15-25-19-23(5)11-13-27(25)21-31-22-28-14-12-24(6)20-26(28)16-18-30(9-3)10-4/h11-14,19-20H,7-10,15-18,21-22H2,1-6H3. The van der Waals surface area contributed by atoms with Crippen LogP contribution in [0.5, 0.6) is 0 Å². The maximum Gasteiger partial charge on any atom is 0.0724 e. The van der Waals surface area contributed by atoms with Crippen molar-refractivity contribution in [3.63, 3.8) is 0 Å². The van der Waals surface area contributed by atoms with Crippen LogP contribution in [0.1, 0.15) is 61.1 Å². The quantitative estimate of drug-likeness (QED) is 0.382. The first-order chi connectivity index (χ1) is 15.0. The molecule has 0 radical (unpaired) electrons. The van der Waals surface area contributed by atoms with E-state index in [9.17, 15) is 0 Å². The first-order valence-corrected chi connectivity index (χ1v) is 12.2. The summed E-state index contributed by atoms with van der Waals surface area (Å²) in [5.74, 6) is 0. The summed E-state index contributed by atoms with van der Waals surface area (Å²) in [7, 11) is 0. The normalized spacial score (nSPS) is 11.6. The smallest absolute Gasteiger partial charge is 0.0724 e. The Morgan fingerprint density at radius 1 is 0.581 bits per heavy atom. The molecule has 2 rings (SSSR count). The van der Waals surface area contributed by atoms with Crippen molar-refractivity contribution in [2.75, 3.05) is 39.3 Å². The molecule has 0 saturated heterocycles. The predicted octanol–water partition coefficient (Wildman–Crippen LogP) is 5.79. The van der Waals surface area contributed by atoms with Gasteiger partial charge in [0.05, 0.1) is 13.2 Å². The summed E-state index contributed by atoms with van der Waals surface area (Å²) in [6.45, 7) is 21.3. The van der Waals surface area contributed by atoms with Crippen molar-refractivity contribution in [2.24, 2.45) is 0 Å². The molecule has 0 N–H and O–H groups in total. The predicted molar refractivity (Wildman–Crippen MR) is 134 cm³/mol. The highest BCUT2D eigenvalue weighted by atomic mass is 16.5. The number of ether oxygens (including phenoxy) is 1. The minimum Gasteiger partial charge on any atom is -0.372 e. The molecule has 31 heavy (non-hydrogen) atoms. The molecule has 0 atom stereocenters. The number of nitrogens with zero attached hydrogens (tertiary/aromatic N) is 2. The Morgan fingerprint density at radius 2 is 0.968 bits per heavy atom. The average Bonchev–Trinajstić information content (AvgIpc) is 2.77. The summed E-state index contributed by atoms with van der Waals surface area (Å²) in [6, 6.07) is 13.6. The molecule has 0 saturated carbocycles. The molecule has 0 aliphatic heterocycles. The highest BCUT2D eigenvalue weighted by Gasteiger charge is 2.09. The molecule has 0 aliphatic carbocycles. The van der Waals surface area contributed by atoms with Crippen molar-refractivity contribution in [2.45, 2.75) is 67.6 Å². The third-order valence-electron chi connectivity index (χ3n) is 6.42. The molecule has 3 heteroatoms. The molecule has 0 spiro atoms. The largest absolute Gasteiger partial charge is 0.372 e. The molecule has 0 aliphatic rings. The SMILES string of the molecule is CCN(CC)CCc1cc(C)ccc1COCc1ccc(C)cc1CCN(CC)CC. The van der Waals surface area contributed by atoms with Gasteiger partial charge in [-0.2, -0.15) is 0 Å². The van der Waals surface area contributed by atoms with E-state index in [2.05, 4.69) is 87.7 Å². The molecule has 172 valence electrons. The van der Waals surface area contributed by atoms with E-state index >= 15 is 0 Å². The fourth-order valence-electron chi connectivity index (χ4n) is 4.16. The Bertz CT molecular complexity index is 713. The highest BCUT2D eigenvalue weighted by molar-refractivity contribution is 5.33. The molecule has 2 aromatic rings. The van der Waals surface area contributed by atoms with Crippen LogP contribution in [0.4, 0.5) is 0 Å². The Kier molecular flexibility index (Phi) is 11.3. The molecule has 3 nitrogen and oxygen atoms in total. The monoisotopic (exact) mass is 424 g/mol. The Labute approximate surface area is 191 Å². The molecule has 2 aromatic carbocycles. The van der Waals surface area contributed by atoms with Crippen LogP contribution in [0.25, 0.3) is 0 Å². The molecule has 0 aromatic heterocycles. The number of hydrogen-bond donors (Lipinski definition) is 0. The molecule has 0 unspecified atom stereocenters. The van der Waals surface area contributed by atoms with Gasteiger partial charge >= 0.3 is 0 Å². The number of rotatable bonds is 14. The van der Waals surface area contributed by atoms with Gasteiger partial charge in [-0.15, -0.1) is 0 Å². The Balaban J connectivity index is 2.01. The van der Waals surface area contributed by atoms with Gasteiger partial charge in [-0.3, -0.25) is 0 Å². The third-order valence-corrected chi connectivity index (χ3v) is 6.42. The number of likely N-dealkylation sites (N-methyl/N-ethyl adjacent to an activating group) is 2. The summed E-state index contributed by atoms with van der Waals surface area (Å²) in [5, 5.41) is 0. The van der Waals surface area contributed by atoms with Gasteiger partial charge in [-0.25, -0.2) is 0 Å². The van der Waals surface area contributed by atoms with Gasteiger partial charge < -0.3 is 14.5 Å². The second kappa shape index (κ2) is 13.7. The maximum atomic E-state index is 6.26. The zero-order valence-corrected chi connectivity index (χ0v) is 20.8. The Hall–Kier alpha value is -1.68. The minimum atomic E-state index is 0.678. The van der Waals surface area contributed by atoms with Crippen molar-refractivity contribution in [3.05, 3.63) is 69.8 Å². The first kappa shape index (κ1) is 25.6. The van der Waals surface area contributed by atoms with E-state index in [0.717, 1.165) is 52.1 Å². The highest BCUT2D eigenvalue weighted by Crippen LogP contribution is 2.18. The van der Waals surface area contributed by atoms with Crippen molar-refractivity contribution >= 4 is 0 Å². The Morgan fingerprint density at radius 3 is 1.32 bits per heavy atom. The lowest BCUT2D eigenvalue weighted by atomic mass is 10.0. The molecular formula is C28H44N2O. The number of hydrogen-bond acceptors (Lipinski definition) is 3. The second-order valence-electron chi connectivity index (χ2n) is 8.59. The lowest BCUT2D eigenvalue weighted by Gasteiger charge is -2.20. The summed E-state index contributed by atoms with van der Waals surface area (Å²) in [6.07, 6.45) is 2.17. The summed E-state index contributed by atoms with van der Waals surface area (Å²) in [4.78, 5) is 4.98. The topological polar surface area (TPSA) is 15.7 Å². The summed E-state index contributed by atoms with van der Waals surface area (Å²) < 4.78 is 6.26. The van der Waals surface area contributed by atoms with E-state index in [1.165, 1.54) is 33.4 Å². The minimum absolute atomic E-state index is 0.678. The summed E-state index contributed by atoms with van der Waals surface area (Å²) >= 11 is 0. The molecule has 0 heterocycles. The second-order valence-corrected chi connectivity index (χ2v) is 8.59. The van der Waals surface area contributed by atoms with Crippen LogP contribution in [0.2, 0.25) is 0 Å². The van der Waals surface area contributed by atoms with E-state index in [1.807, 2.05) is 0 Å². The third kappa shape index (κ3) is 8.40. The van der Waals surface area contributed by atoms with Crippen LogP contribution in [0.3, 0.4) is 0 Å². The van der Waals surface area contributed by atoms with Gasteiger partial charge in [-0.05, 0) is 75.1 Å². The van der Waals surface area contributed by atoms with Crippen molar-refractivity contribution in [1.29, 1.82) is 0 Å².